The van der Waals surface area contributed by atoms with Gasteiger partial charge in [0.1, 0.15) is 5.75 Å². The Morgan fingerprint density at radius 1 is 1.16 bits per heavy atom. The van der Waals surface area contributed by atoms with Crippen LogP contribution in [-0.2, 0) is 6.42 Å². The standard InChI is InChI=1S/C16H18BrNO/c1-11-4-3-5-14(16(11)17)15(18)10-12-6-8-13(19-2)9-7-12/h3-9,15H,10,18H2,1-2H3. The number of rotatable bonds is 4. The van der Waals surface area contributed by atoms with Crippen LogP contribution in [0.3, 0.4) is 0 Å². The van der Waals surface area contributed by atoms with Gasteiger partial charge in [-0.3, -0.25) is 0 Å². The predicted octanol–water partition coefficient (Wildman–Crippen LogP) is 4.01. The minimum Gasteiger partial charge on any atom is -0.497 e. The molecular formula is C16H18BrNO. The summed E-state index contributed by atoms with van der Waals surface area (Å²) in [6, 6.07) is 14.2. The zero-order chi connectivity index (χ0) is 13.8. The van der Waals surface area contributed by atoms with E-state index < -0.39 is 0 Å². The SMILES string of the molecule is COc1ccc(CC(N)c2cccc(C)c2Br)cc1. The van der Waals surface area contributed by atoms with Crippen LogP contribution in [0.25, 0.3) is 0 Å². The summed E-state index contributed by atoms with van der Waals surface area (Å²) in [7, 11) is 1.67. The summed E-state index contributed by atoms with van der Waals surface area (Å²) in [6.07, 6.45) is 0.812. The zero-order valence-corrected chi connectivity index (χ0v) is 12.8. The van der Waals surface area contributed by atoms with Gasteiger partial charge in [0, 0.05) is 10.5 Å². The lowest BCUT2D eigenvalue weighted by Gasteiger charge is -2.15. The van der Waals surface area contributed by atoms with Gasteiger partial charge in [-0.1, -0.05) is 46.3 Å². The molecule has 2 aromatic carbocycles. The lowest BCUT2D eigenvalue weighted by Crippen LogP contribution is -2.14. The molecule has 0 bridgehead atoms. The molecule has 100 valence electrons. The highest BCUT2D eigenvalue weighted by atomic mass is 79.9. The summed E-state index contributed by atoms with van der Waals surface area (Å²) >= 11 is 3.62. The third-order valence-electron chi connectivity index (χ3n) is 3.24. The van der Waals surface area contributed by atoms with Gasteiger partial charge in [-0.05, 0) is 42.2 Å². The second kappa shape index (κ2) is 6.22. The number of ether oxygens (including phenoxy) is 1. The highest BCUT2D eigenvalue weighted by Crippen LogP contribution is 2.27. The Kier molecular flexibility index (Phi) is 4.61. The zero-order valence-electron chi connectivity index (χ0n) is 11.2. The topological polar surface area (TPSA) is 35.2 Å². The van der Waals surface area contributed by atoms with E-state index >= 15 is 0 Å². The first-order valence-electron chi connectivity index (χ1n) is 6.25. The second-order valence-corrected chi connectivity index (χ2v) is 5.43. The smallest absolute Gasteiger partial charge is 0.118 e. The van der Waals surface area contributed by atoms with Crippen molar-refractivity contribution in [1.82, 2.24) is 0 Å². The molecule has 1 atom stereocenters. The summed E-state index contributed by atoms with van der Waals surface area (Å²) in [4.78, 5) is 0. The van der Waals surface area contributed by atoms with Crippen molar-refractivity contribution in [3.05, 3.63) is 63.6 Å². The van der Waals surface area contributed by atoms with E-state index in [1.54, 1.807) is 7.11 Å². The van der Waals surface area contributed by atoms with Gasteiger partial charge in [-0.15, -0.1) is 0 Å². The van der Waals surface area contributed by atoms with Gasteiger partial charge in [-0.2, -0.15) is 0 Å². The first-order valence-corrected chi connectivity index (χ1v) is 7.04. The Bertz CT molecular complexity index is 551. The van der Waals surface area contributed by atoms with Gasteiger partial charge in [0.2, 0.25) is 0 Å². The Morgan fingerprint density at radius 3 is 2.47 bits per heavy atom. The average molecular weight is 320 g/mol. The van der Waals surface area contributed by atoms with Gasteiger partial charge in [0.05, 0.1) is 7.11 Å². The Morgan fingerprint density at radius 2 is 1.84 bits per heavy atom. The van der Waals surface area contributed by atoms with Crippen LogP contribution in [0.4, 0.5) is 0 Å². The number of nitrogens with two attached hydrogens (primary N) is 1. The molecule has 0 fully saturated rings. The molecule has 19 heavy (non-hydrogen) atoms. The molecule has 3 heteroatoms. The van der Waals surface area contributed by atoms with E-state index in [-0.39, 0.29) is 6.04 Å². The van der Waals surface area contributed by atoms with Gasteiger partial charge < -0.3 is 10.5 Å². The van der Waals surface area contributed by atoms with Crippen molar-refractivity contribution in [2.24, 2.45) is 5.73 Å². The van der Waals surface area contributed by atoms with Crippen molar-refractivity contribution < 1.29 is 4.74 Å². The molecule has 0 amide bonds. The fourth-order valence-corrected chi connectivity index (χ4v) is 2.64. The molecule has 0 aliphatic heterocycles. The fraction of sp³-hybridized carbons (Fsp3) is 0.250. The molecule has 2 nitrogen and oxygen atoms in total. The van der Waals surface area contributed by atoms with Crippen LogP contribution in [0.5, 0.6) is 5.75 Å². The molecule has 0 saturated heterocycles. The lowest BCUT2D eigenvalue weighted by molar-refractivity contribution is 0.414. The molecule has 0 heterocycles. The fourth-order valence-electron chi connectivity index (χ4n) is 2.08. The summed E-state index contributed by atoms with van der Waals surface area (Å²) in [5, 5.41) is 0. The monoisotopic (exact) mass is 319 g/mol. The molecular weight excluding hydrogens is 302 g/mol. The minimum absolute atomic E-state index is 0.0114. The minimum atomic E-state index is -0.0114. The average Bonchev–Trinajstić information content (AvgIpc) is 2.42. The number of aryl methyl sites for hydroxylation is 1. The Labute approximate surface area is 122 Å². The molecule has 0 saturated carbocycles. The van der Waals surface area contributed by atoms with Crippen molar-refractivity contribution >= 4 is 15.9 Å². The van der Waals surface area contributed by atoms with Crippen LogP contribution in [-0.4, -0.2) is 7.11 Å². The third-order valence-corrected chi connectivity index (χ3v) is 4.32. The predicted molar refractivity (Wildman–Crippen MR) is 82.5 cm³/mol. The molecule has 0 aliphatic carbocycles. The first-order chi connectivity index (χ1) is 9.11. The molecule has 0 spiro atoms. The second-order valence-electron chi connectivity index (χ2n) is 4.64. The van der Waals surface area contributed by atoms with E-state index in [0.29, 0.717) is 0 Å². The largest absolute Gasteiger partial charge is 0.497 e. The van der Waals surface area contributed by atoms with Crippen molar-refractivity contribution in [3.8, 4) is 5.75 Å². The van der Waals surface area contributed by atoms with Crippen molar-refractivity contribution in [1.29, 1.82) is 0 Å². The normalized spacial score (nSPS) is 12.2. The number of halogens is 1. The maximum atomic E-state index is 6.31. The van der Waals surface area contributed by atoms with Crippen LogP contribution in [0.15, 0.2) is 46.9 Å². The van der Waals surface area contributed by atoms with E-state index in [2.05, 4.69) is 47.1 Å². The summed E-state index contributed by atoms with van der Waals surface area (Å²) < 4.78 is 6.26. The van der Waals surface area contributed by atoms with Crippen molar-refractivity contribution in [3.63, 3.8) is 0 Å². The maximum Gasteiger partial charge on any atom is 0.118 e. The highest BCUT2D eigenvalue weighted by molar-refractivity contribution is 9.10. The number of hydrogen-bond acceptors (Lipinski definition) is 2. The van der Waals surface area contributed by atoms with Crippen LogP contribution in [0, 0.1) is 6.92 Å². The molecule has 0 aromatic heterocycles. The van der Waals surface area contributed by atoms with Crippen LogP contribution < -0.4 is 10.5 Å². The van der Waals surface area contributed by atoms with Gasteiger partial charge in [0.25, 0.3) is 0 Å². The number of hydrogen-bond donors (Lipinski definition) is 1. The molecule has 1 unspecified atom stereocenters. The van der Waals surface area contributed by atoms with Gasteiger partial charge in [-0.25, -0.2) is 0 Å². The Balaban J connectivity index is 2.15. The maximum absolute atomic E-state index is 6.31. The van der Waals surface area contributed by atoms with Crippen LogP contribution >= 0.6 is 15.9 Å². The molecule has 2 N–H and O–H groups in total. The summed E-state index contributed by atoms with van der Waals surface area (Å²) in [5.74, 6) is 0.869. The van der Waals surface area contributed by atoms with E-state index in [1.807, 2.05) is 18.2 Å². The molecule has 2 rings (SSSR count). The lowest BCUT2D eigenvalue weighted by atomic mass is 9.98. The van der Waals surface area contributed by atoms with Crippen molar-refractivity contribution in [2.45, 2.75) is 19.4 Å². The van der Waals surface area contributed by atoms with E-state index in [9.17, 15) is 0 Å². The highest BCUT2D eigenvalue weighted by Gasteiger charge is 2.11. The third kappa shape index (κ3) is 3.37. The Hall–Kier alpha value is -1.32. The number of methoxy groups -OCH3 is 1. The van der Waals surface area contributed by atoms with E-state index in [1.165, 1.54) is 11.1 Å². The van der Waals surface area contributed by atoms with Crippen LogP contribution in [0.2, 0.25) is 0 Å². The summed E-state index contributed by atoms with van der Waals surface area (Å²) in [5.41, 5.74) is 9.88. The molecule has 0 aliphatic rings. The quantitative estimate of drug-likeness (QED) is 0.924. The summed E-state index contributed by atoms with van der Waals surface area (Å²) in [6.45, 7) is 2.08. The van der Waals surface area contributed by atoms with E-state index in [0.717, 1.165) is 22.2 Å². The molecule has 2 aromatic rings. The first kappa shape index (κ1) is 14.1. The van der Waals surface area contributed by atoms with Crippen LogP contribution in [0.1, 0.15) is 22.7 Å². The number of benzene rings is 2. The van der Waals surface area contributed by atoms with E-state index in [4.69, 9.17) is 10.5 Å². The molecule has 0 radical (unpaired) electrons. The van der Waals surface area contributed by atoms with Gasteiger partial charge >= 0.3 is 0 Å². The van der Waals surface area contributed by atoms with Gasteiger partial charge in [0.15, 0.2) is 0 Å². The van der Waals surface area contributed by atoms with Crippen molar-refractivity contribution in [2.75, 3.05) is 7.11 Å².